The summed E-state index contributed by atoms with van der Waals surface area (Å²) in [6.07, 6.45) is 0. The van der Waals surface area contributed by atoms with Crippen LogP contribution >= 0.6 is 11.8 Å². The predicted molar refractivity (Wildman–Crippen MR) is 76.5 cm³/mol. The summed E-state index contributed by atoms with van der Waals surface area (Å²) in [5, 5.41) is 21.0. The van der Waals surface area contributed by atoms with Gasteiger partial charge in [0.05, 0.1) is 5.69 Å². The summed E-state index contributed by atoms with van der Waals surface area (Å²) >= 11 is 1.51. The van der Waals surface area contributed by atoms with E-state index in [9.17, 15) is 5.11 Å². The predicted octanol–water partition coefficient (Wildman–Crippen LogP) is 3.80. The van der Waals surface area contributed by atoms with Crippen LogP contribution in [-0.2, 0) is 0 Å². The average molecular weight is 268 g/mol. The van der Waals surface area contributed by atoms with Crippen LogP contribution in [0.5, 0.6) is 5.75 Å². The Labute approximate surface area is 115 Å². The van der Waals surface area contributed by atoms with Crippen LogP contribution in [0.3, 0.4) is 0 Å². The van der Waals surface area contributed by atoms with Crippen LogP contribution in [0.2, 0.25) is 0 Å². The molecular formula is C15H12N2OS. The van der Waals surface area contributed by atoms with Crippen molar-refractivity contribution in [2.45, 2.75) is 16.8 Å². The molecule has 0 aliphatic rings. The zero-order valence-corrected chi connectivity index (χ0v) is 11.2. The van der Waals surface area contributed by atoms with E-state index in [0.717, 1.165) is 26.4 Å². The first-order valence-electron chi connectivity index (χ1n) is 5.93. The van der Waals surface area contributed by atoms with Crippen molar-refractivity contribution in [1.29, 1.82) is 0 Å². The highest BCUT2D eigenvalue weighted by Crippen LogP contribution is 2.33. The quantitative estimate of drug-likeness (QED) is 0.768. The Bertz CT molecular complexity index is 743. The summed E-state index contributed by atoms with van der Waals surface area (Å²) in [4.78, 5) is 0.948. The number of rotatable bonds is 2. The summed E-state index contributed by atoms with van der Waals surface area (Å²) in [6.45, 7) is 1.96. The van der Waals surface area contributed by atoms with Crippen LogP contribution in [0.4, 0.5) is 0 Å². The SMILES string of the molecule is Cc1nnc(Sc2cccc(O)c2)c2ccccc12. The lowest BCUT2D eigenvalue weighted by atomic mass is 10.1. The van der Waals surface area contributed by atoms with Gasteiger partial charge in [-0.15, -0.1) is 5.10 Å². The second kappa shape index (κ2) is 4.90. The topological polar surface area (TPSA) is 46.0 Å². The van der Waals surface area contributed by atoms with Gasteiger partial charge in [-0.3, -0.25) is 0 Å². The monoisotopic (exact) mass is 268 g/mol. The third kappa shape index (κ3) is 2.39. The molecule has 2 aromatic carbocycles. The number of phenolic OH excluding ortho intramolecular Hbond substituents is 1. The molecular weight excluding hydrogens is 256 g/mol. The number of fused-ring (bicyclic) bond motifs is 1. The Morgan fingerprint density at radius 1 is 0.947 bits per heavy atom. The van der Waals surface area contributed by atoms with E-state index in [-0.39, 0.29) is 5.75 Å². The number of nitrogens with zero attached hydrogens (tertiary/aromatic N) is 2. The molecule has 94 valence electrons. The van der Waals surface area contributed by atoms with E-state index in [0.29, 0.717) is 0 Å². The zero-order chi connectivity index (χ0) is 13.2. The molecule has 0 saturated heterocycles. The van der Waals surface area contributed by atoms with Crippen molar-refractivity contribution in [3.05, 3.63) is 54.2 Å². The molecule has 0 radical (unpaired) electrons. The van der Waals surface area contributed by atoms with Crippen LogP contribution in [0, 0.1) is 6.92 Å². The highest BCUT2D eigenvalue weighted by molar-refractivity contribution is 7.99. The molecule has 1 N–H and O–H groups in total. The summed E-state index contributed by atoms with van der Waals surface area (Å²) in [7, 11) is 0. The Kier molecular flexibility index (Phi) is 3.09. The number of benzene rings is 2. The van der Waals surface area contributed by atoms with Gasteiger partial charge in [-0.05, 0) is 25.1 Å². The van der Waals surface area contributed by atoms with Crippen molar-refractivity contribution in [3.8, 4) is 5.75 Å². The normalized spacial score (nSPS) is 10.8. The fourth-order valence-corrected chi connectivity index (χ4v) is 2.87. The summed E-state index contributed by atoms with van der Waals surface area (Å²) in [5.41, 5.74) is 0.927. The van der Waals surface area contributed by atoms with Gasteiger partial charge in [-0.1, -0.05) is 42.1 Å². The first-order chi connectivity index (χ1) is 9.24. The van der Waals surface area contributed by atoms with Crippen molar-refractivity contribution in [2.75, 3.05) is 0 Å². The van der Waals surface area contributed by atoms with E-state index in [4.69, 9.17) is 0 Å². The number of phenols is 1. The van der Waals surface area contributed by atoms with Crippen molar-refractivity contribution in [3.63, 3.8) is 0 Å². The van der Waals surface area contributed by atoms with Gasteiger partial charge in [0.15, 0.2) is 0 Å². The maximum atomic E-state index is 9.50. The molecule has 1 heterocycles. The zero-order valence-electron chi connectivity index (χ0n) is 10.4. The Hall–Kier alpha value is -2.07. The molecule has 0 spiro atoms. The molecule has 4 heteroatoms. The first-order valence-corrected chi connectivity index (χ1v) is 6.74. The first kappa shape index (κ1) is 12.0. The molecule has 0 aliphatic carbocycles. The third-order valence-corrected chi connectivity index (χ3v) is 3.85. The fraction of sp³-hybridized carbons (Fsp3) is 0.0667. The maximum absolute atomic E-state index is 9.50. The van der Waals surface area contributed by atoms with E-state index in [2.05, 4.69) is 10.2 Å². The molecule has 0 saturated carbocycles. The molecule has 0 bridgehead atoms. The van der Waals surface area contributed by atoms with Gasteiger partial charge in [-0.2, -0.15) is 5.10 Å². The van der Waals surface area contributed by atoms with Gasteiger partial charge < -0.3 is 5.11 Å². The molecule has 1 aromatic heterocycles. The van der Waals surface area contributed by atoms with Crippen LogP contribution in [0.25, 0.3) is 10.8 Å². The third-order valence-electron chi connectivity index (χ3n) is 2.87. The Balaban J connectivity index is 2.09. The van der Waals surface area contributed by atoms with E-state index in [1.54, 1.807) is 12.1 Å². The van der Waals surface area contributed by atoms with Crippen molar-refractivity contribution < 1.29 is 5.11 Å². The van der Waals surface area contributed by atoms with Gasteiger partial charge in [0.25, 0.3) is 0 Å². The second-order valence-electron chi connectivity index (χ2n) is 4.24. The van der Waals surface area contributed by atoms with Crippen molar-refractivity contribution in [2.24, 2.45) is 0 Å². The molecule has 0 atom stereocenters. The highest BCUT2D eigenvalue weighted by Gasteiger charge is 2.08. The van der Waals surface area contributed by atoms with E-state index >= 15 is 0 Å². The summed E-state index contributed by atoms with van der Waals surface area (Å²) in [6, 6.07) is 15.2. The van der Waals surface area contributed by atoms with Gasteiger partial charge in [0, 0.05) is 15.7 Å². The summed E-state index contributed by atoms with van der Waals surface area (Å²) in [5.74, 6) is 0.259. The molecule has 3 rings (SSSR count). The average Bonchev–Trinajstić information content (AvgIpc) is 2.42. The minimum atomic E-state index is 0.259. The lowest BCUT2D eigenvalue weighted by molar-refractivity contribution is 0.474. The molecule has 3 aromatic rings. The number of aryl methyl sites for hydroxylation is 1. The lowest BCUT2D eigenvalue weighted by Gasteiger charge is -2.06. The van der Waals surface area contributed by atoms with Crippen LogP contribution in [-0.4, -0.2) is 15.3 Å². The van der Waals surface area contributed by atoms with Gasteiger partial charge >= 0.3 is 0 Å². The van der Waals surface area contributed by atoms with Crippen LogP contribution < -0.4 is 0 Å². The molecule has 0 amide bonds. The van der Waals surface area contributed by atoms with E-state index < -0.39 is 0 Å². The van der Waals surface area contributed by atoms with Crippen LogP contribution in [0.1, 0.15) is 5.69 Å². The maximum Gasteiger partial charge on any atom is 0.131 e. The molecule has 19 heavy (non-hydrogen) atoms. The van der Waals surface area contributed by atoms with E-state index in [1.165, 1.54) is 11.8 Å². The van der Waals surface area contributed by atoms with E-state index in [1.807, 2.05) is 43.3 Å². The van der Waals surface area contributed by atoms with Crippen molar-refractivity contribution >= 4 is 22.5 Å². The molecule has 0 aliphatic heterocycles. The summed E-state index contributed by atoms with van der Waals surface area (Å²) < 4.78 is 0. The molecule has 0 unspecified atom stereocenters. The standard InChI is InChI=1S/C15H12N2OS/c1-10-13-7-2-3-8-14(13)15(17-16-10)19-12-6-4-5-11(18)9-12/h2-9,18H,1H3. The fourth-order valence-electron chi connectivity index (χ4n) is 1.95. The van der Waals surface area contributed by atoms with Gasteiger partial charge in [0.2, 0.25) is 0 Å². The molecule has 0 fully saturated rings. The van der Waals surface area contributed by atoms with Crippen LogP contribution in [0.15, 0.2) is 58.5 Å². The van der Waals surface area contributed by atoms with Gasteiger partial charge in [-0.25, -0.2) is 0 Å². The highest BCUT2D eigenvalue weighted by atomic mass is 32.2. The largest absolute Gasteiger partial charge is 0.508 e. The second-order valence-corrected chi connectivity index (χ2v) is 5.30. The minimum absolute atomic E-state index is 0.259. The van der Waals surface area contributed by atoms with Crippen molar-refractivity contribution in [1.82, 2.24) is 10.2 Å². The van der Waals surface area contributed by atoms with Gasteiger partial charge in [0.1, 0.15) is 10.8 Å². The number of aromatic nitrogens is 2. The lowest BCUT2D eigenvalue weighted by Crippen LogP contribution is -1.92. The minimum Gasteiger partial charge on any atom is -0.508 e. The smallest absolute Gasteiger partial charge is 0.131 e. The number of hydrogen-bond acceptors (Lipinski definition) is 4. The number of hydrogen-bond donors (Lipinski definition) is 1. The Morgan fingerprint density at radius 3 is 2.53 bits per heavy atom. The molecule has 3 nitrogen and oxygen atoms in total. The Morgan fingerprint density at radius 2 is 1.74 bits per heavy atom. The number of aromatic hydroxyl groups is 1.